The van der Waals surface area contributed by atoms with E-state index in [2.05, 4.69) is 16.6 Å². The molecule has 2 aliphatic heterocycles. The molecule has 4 fully saturated rings. The molecule has 3 aromatic rings. The Morgan fingerprint density at radius 2 is 1.71 bits per heavy atom. The summed E-state index contributed by atoms with van der Waals surface area (Å²) in [5.41, 5.74) is 0.183. The molecule has 0 radical (unpaired) electrons. The van der Waals surface area contributed by atoms with Crippen molar-refractivity contribution < 1.29 is 32.3 Å². The molecule has 2 aromatic carbocycles. The number of likely N-dealkylation sites (tertiary alicyclic amines) is 2. The summed E-state index contributed by atoms with van der Waals surface area (Å²) in [5, 5.41) is 3.02. The van der Waals surface area contributed by atoms with E-state index >= 15 is 0 Å². The summed E-state index contributed by atoms with van der Waals surface area (Å²) in [5.74, 6) is -2.53. The van der Waals surface area contributed by atoms with Crippen molar-refractivity contribution in [2.75, 3.05) is 19.6 Å². The molecule has 4 amide bonds. The second kappa shape index (κ2) is 15.0. The third-order valence-corrected chi connectivity index (χ3v) is 13.4. The Morgan fingerprint density at radius 1 is 1.02 bits per heavy atom. The summed E-state index contributed by atoms with van der Waals surface area (Å²) < 4.78 is 34.5. The summed E-state index contributed by atoms with van der Waals surface area (Å²) in [4.78, 5) is 64.7. The predicted octanol–water partition coefficient (Wildman–Crippen LogP) is 4.98. The van der Waals surface area contributed by atoms with Gasteiger partial charge in [0.1, 0.15) is 23.4 Å². The van der Waals surface area contributed by atoms with Crippen molar-refractivity contribution in [1.29, 1.82) is 0 Å². The molecular weight excluding hydrogens is 719 g/mol. The van der Waals surface area contributed by atoms with E-state index in [0.29, 0.717) is 37.4 Å². The molecule has 1 aromatic heterocycles. The molecule has 2 aliphatic carbocycles. The maximum absolute atomic E-state index is 14.8. The van der Waals surface area contributed by atoms with Crippen molar-refractivity contribution >= 4 is 44.6 Å². The van der Waals surface area contributed by atoms with Gasteiger partial charge < -0.3 is 19.9 Å². The number of piperidine rings is 1. The third kappa shape index (κ3) is 8.13. The lowest BCUT2D eigenvalue weighted by atomic mass is 9.77. The summed E-state index contributed by atoms with van der Waals surface area (Å²) in [6.45, 7) is 10.9. The maximum atomic E-state index is 14.8. The summed E-state index contributed by atoms with van der Waals surface area (Å²) in [6, 6.07) is 18.1. The Hall–Kier alpha value is -4.78. The quantitative estimate of drug-likeness (QED) is 0.245. The average Bonchev–Trinajstić information content (AvgIpc) is 4.10. The second-order valence-corrected chi connectivity index (χ2v) is 18.6. The Balaban J connectivity index is 1.20. The van der Waals surface area contributed by atoms with Gasteiger partial charge in [0.15, 0.2) is 0 Å². The monoisotopic (exact) mass is 769 g/mol. The van der Waals surface area contributed by atoms with Crippen LogP contribution in [0, 0.1) is 17.3 Å². The molecule has 1 unspecified atom stereocenters. The van der Waals surface area contributed by atoms with Gasteiger partial charge in [-0.25, -0.2) is 13.4 Å². The molecule has 55 heavy (non-hydrogen) atoms. The van der Waals surface area contributed by atoms with Crippen LogP contribution in [0.2, 0.25) is 0 Å². The van der Waals surface area contributed by atoms with Crippen LogP contribution in [0.15, 0.2) is 73.3 Å². The lowest BCUT2D eigenvalue weighted by molar-refractivity contribution is -0.148. The van der Waals surface area contributed by atoms with Crippen LogP contribution in [-0.4, -0.2) is 89.4 Å². The molecule has 0 bridgehead atoms. The van der Waals surface area contributed by atoms with Crippen molar-refractivity contribution in [2.45, 2.75) is 95.1 Å². The zero-order valence-electron chi connectivity index (χ0n) is 31.8. The van der Waals surface area contributed by atoms with Crippen LogP contribution in [-0.2, 0) is 29.2 Å². The van der Waals surface area contributed by atoms with E-state index in [9.17, 15) is 27.6 Å². The van der Waals surface area contributed by atoms with Crippen LogP contribution in [0.25, 0.3) is 22.2 Å². The van der Waals surface area contributed by atoms with E-state index in [0.717, 1.165) is 35.7 Å². The van der Waals surface area contributed by atoms with Gasteiger partial charge in [0.25, 0.3) is 5.91 Å². The van der Waals surface area contributed by atoms with Gasteiger partial charge in [-0.2, -0.15) is 0 Å². The van der Waals surface area contributed by atoms with E-state index in [1.165, 1.54) is 11.0 Å². The Morgan fingerprint density at radius 3 is 2.36 bits per heavy atom. The van der Waals surface area contributed by atoms with E-state index in [1.807, 2.05) is 86.3 Å². The molecule has 4 aliphatic rings. The standard InChI is InChI=1S/C42H51N5O7S/c1-5-28-25-42(28,40(51)45-55(52,53)30-18-19-30)44-38(49)35-22-29(26-47(35)39(50)32(41(2,3)4)23-37(48)46-20-12-7-13-21-46)54-36-24-34(27-14-8-6-9-15-27)43-33-17-11-10-16-31(33)36/h5-6,8-11,14-17,24,28-30,32,35H,1,7,12-13,18-23,25-26H2,2-4H3,(H,44,49)(H,45,51)/t28?,29-,32-,35+,42-/m1/s1. The Kier molecular flexibility index (Phi) is 10.5. The topological polar surface area (TPSA) is 155 Å². The molecule has 0 spiro atoms. The van der Waals surface area contributed by atoms with Gasteiger partial charge in [-0.15, -0.1) is 6.58 Å². The van der Waals surface area contributed by atoms with Crippen LogP contribution in [0.1, 0.15) is 72.1 Å². The normalized spacial score (nSPS) is 24.5. The number of pyridine rings is 1. The van der Waals surface area contributed by atoms with Gasteiger partial charge in [0, 0.05) is 48.9 Å². The number of para-hydroxylation sites is 1. The number of benzene rings is 2. The SMILES string of the molecule is C=CC1C[C@]1(NC(=O)[C@@H]1C[C@@H](Oc2cc(-c3ccccc3)nc3ccccc23)CN1C(=O)[C@@H](CC(=O)N1CCCCC1)C(C)(C)C)C(=O)NS(=O)(=O)C1CC1. The number of fused-ring (bicyclic) bond motifs is 1. The second-order valence-electron chi connectivity index (χ2n) is 16.6. The van der Waals surface area contributed by atoms with Gasteiger partial charge in [0.05, 0.1) is 28.9 Å². The number of hydrogen-bond acceptors (Lipinski definition) is 8. The molecule has 2 N–H and O–H groups in total. The highest BCUT2D eigenvalue weighted by atomic mass is 32.2. The summed E-state index contributed by atoms with van der Waals surface area (Å²) >= 11 is 0. The summed E-state index contributed by atoms with van der Waals surface area (Å²) in [7, 11) is -3.88. The predicted molar refractivity (Wildman–Crippen MR) is 209 cm³/mol. The van der Waals surface area contributed by atoms with Crippen molar-refractivity contribution in [3.63, 3.8) is 0 Å². The van der Waals surface area contributed by atoms with E-state index in [4.69, 9.17) is 9.72 Å². The first kappa shape index (κ1) is 38.5. The smallest absolute Gasteiger partial charge is 0.259 e. The Bertz CT molecular complexity index is 2090. The number of carbonyl (C=O) groups excluding carboxylic acids is 4. The number of nitrogens with one attached hydrogen (secondary N) is 2. The van der Waals surface area contributed by atoms with E-state index in [1.54, 1.807) is 0 Å². The molecule has 2 saturated heterocycles. The fraction of sp³-hybridized carbons (Fsp3) is 0.500. The molecule has 7 rings (SSSR count). The highest BCUT2D eigenvalue weighted by molar-refractivity contribution is 7.91. The Labute approximate surface area is 323 Å². The van der Waals surface area contributed by atoms with Gasteiger partial charge in [0.2, 0.25) is 27.7 Å². The number of nitrogens with zero attached hydrogens (tertiary/aromatic N) is 3. The first-order chi connectivity index (χ1) is 26.2. The molecular formula is C42H51N5O7S. The van der Waals surface area contributed by atoms with Crippen molar-refractivity contribution in [3.05, 3.63) is 73.3 Å². The first-order valence-corrected chi connectivity index (χ1v) is 21.0. The number of carbonyl (C=O) groups is 4. The molecule has 292 valence electrons. The average molecular weight is 770 g/mol. The lowest BCUT2D eigenvalue weighted by Gasteiger charge is -2.36. The number of sulfonamides is 1. The molecule has 3 heterocycles. The van der Waals surface area contributed by atoms with Gasteiger partial charge in [-0.05, 0) is 56.1 Å². The fourth-order valence-corrected chi connectivity index (χ4v) is 9.35. The summed E-state index contributed by atoms with van der Waals surface area (Å²) in [6.07, 6.45) is 5.03. The molecule has 5 atom stereocenters. The van der Waals surface area contributed by atoms with Gasteiger partial charge in [-0.1, -0.05) is 69.3 Å². The minimum absolute atomic E-state index is 0.00195. The number of rotatable bonds is 12. The fourth-order valence-electron chi connectivity index (χ4n) is 7.98. The minimum Gasteiger partial charge on any atom is -0.488 e. The highest BCUT2D eigenvalue weighted by Gasteiger charge is 2.62. The minimum atomic E-state index is -3.88. The van der Waals surface area contributed by atoms with Gasteiger partial charge in [-0.3, -0.25) is 23.9 Å². The van der Waals surface area contributed by atoms with Crippen LogP contribution in [0.4, 0.5) is 0 Å². The van der Waals surface area contributed by atoms with Crippen molar-refractivity contribution in [3.8, 4) is 17.0 Å². The van der Waals surface area contributed by atoms with Gasteiger partial charge >= 0.3 is 0 Å². The highest BCUT2D eigenvalue weighted by Crippen LogP contribution is 2.46. The lowest BCUT2D eigenvalue weighted by Crippen LogP contribution is -2.57. The van der Waals surface area contributed by atoms with Crippen molar-refractivity contribution in [2.24, 2.45) is 17.3 Å². The number of hydrogen-bond donors (Lipinski definition) is 2. The van der Waals surface area contributed by atoms with Crippen molar-refractivity contribution in [1.82, 2.24) is 24.8 Å². The van der Waals surface area contributed by atoms with Crippen LogP contribution in [0.3, 0.4) is 0 Å². The zero-order chi connectivity index (χ0) is 39.1. The molecule has 12 nitrogen and oxygen atoms in total. The maximum Gasteiger partial charge on any atom is 0.259 e. The van der Waals surface area contributed by atoms with E-state index in [-0.39, 0.29) is 37.6 Å². The van der Waals surface area contributed by atoms with Crippen LogP contribution in [0.5, 0.6) is 5.75 Å². The molecule has 13 heteroatoms. The van der Waals surface area contributed by atoms with Crippen LogP contribution < -0.4 is 14.8 Å². The van der Waals surface area contributed by atoms with E-state index < -0.39 is 62.0 Å². The first-order valence-electron chi connectivity index (χ1n) is 19.4. The van der Waals surface area contributed by atoms with Crippen LogP contribution >= 0.6 is 0 Å². The number of amides is 4. The molecule has 2 saturated carbocycles. The largest absolute Gasteiger partial charge is 0.488 e. The number of ether oxygens (including phenoxy) is 1. The zero-order valence-corrected chi connectivity index (χ0v) is 32.6. The number of aromatic nitrogens is 1. The third-order valence-electron chi connectivity index (χ3n) is 11.6.